The van der Waals surface area contributed by atoms with Gasteiger partial charge in [-0.1, -0.05) is 12.1 Å². The first-order valence-electron chi connectivity index (χ1n) is 8.14. The van der Waals surface area contributed by atoms with Gasteiger partial charge in [-0.15, -0.1) is 0 Å². The molecule has 3 aromatic rings. The van der Waals surface area contributed by atoms with E-state index < -0.39 is 4.92 Å². The van der Waals surface area contributed by atoms with E-state index in [0.29, 0.717) is 22.5 Å². The Balaban J connectivity index is 1.65. The van der Waals surface area contributed by atoms with Crippen molar-refractivity contribution in [2.75, 3.05) is 0 Å². The first kappa shape index (κ1) is 15.3. The summed E-state index contributed by atoms with van der Waals surface area (Å²) < 4.78 is 1.77. The summed E-state index contributed by atoms with van der Waals surface area (Å²) in [7, 11) is 0. The van der Waals surface area contributed by atoms with Crippen LogP contribution in [0.2, 0.25) is 0 Å². The maximum absolute atomic E-state index is 12.3. The van der Waals surface area contributed by atoms with Gasteiger partial charge in [-0.3, -0.25) is 14.9 Å². The number of nitro benzene ring substituents is 1. The summed E-state index contributed by atoms with van der Waals surface area (Å²) in [6.45, 7) is 0. The van der Waals surface area contributed by atoms with Gasteiger partial charge in [0.1, 0.15) is 5.65 Å². The van der Waals surface area contributed by atoms with Gasteiger partial charge in [-0.25, -0.2) is 4.98 Å². The molecule has 7 heteroatoms. The lowest BCUT2D eigenvalue weighted by Crippen LogP contribution is -2.39. The van der Waals surface area contributed by atoms with Crippen LogP contribution in [0.25, 0.3) is 16.9 Å². The zero-order chi connectivity index (χ0) is 17.4. The van der Waals surface area contributed by atoms with E-state index >= 15 is 0 Å². The van der Waals surface area contributed by atoms with Crippen LogP contribution < -0.4 is 5.32 Å². The predicted octanol–water partition coefficient (Wildman–Crippen LogP) is 3.19. The third kappa shape index (κ3) is 2.96. The van der Waals surface area contributed by atoms with Crippen molar-refractivity contribution in [3.63, 3.8) is 0 Å². The van der Waals surface area contributed by atoms with Crippen LogP contribution in [0.5, 0.6) is 0 Å². The highest BCUT2D eigenvalue weighted by molar-refractivity contribution is 5.94. The zero-order valence-electron chi connectivity index (χ0n) is 13.4. The number of hydrogen-bond acceptors (Lipinski definition) is 4. The Labute approximate surface area is 143 Å². The van der Waals surface area contributed by atoms with E-state index in [4.69, 9.17) is 0 Å². The number of aromatic nitrogens is 2. The fourth-order valence-corrected chi connectivity index (χ4v) is 2.87. The minimum absolute atomic E-state index is 0.0233. The van der Waals surface area contributed by atoms with Crippen LogP contribution in [0.4, 0.5) is 5.69 Å². The van der Waals surface area contributed by atoms with Crippen molar-refractivity contribution in [1.29, 1.82) is 0 Å². The first-order valence-corrected chi connectivity index (χ1v) is 8.14. The third-order valence-electron chi connectivity index (χ3n) is 4.51. The summed E-state index contributed by atoms with van der Waals surface area (Å²) in [5.41, 5.74) is 2.57. The second-order valence-corrected chi connectivity index (χ2v) is 6.22. The lowest BCUT2D eigenvalue weighted by atomic mass is 9.93. The molecule has 0 bridgehead atoms. The summed E-state index contributed by atoms with van der Waals surface area (Å²) in [5, 5.41) is 13.9. The minimum Gasteiger partial charge on any atom is -0.349 e. The van der Waals surface area contributed by atoms with Crippen molar-refractivity contribution >= 4 is 17.2 Å². The highest BCUT2D eigenvalue weighted by Crippen LogP contribution is 2.24. The molecule has 0 saturated heterocycles. The van der Waals surface area contributed by atoms with Gasteiger partial charge in [0.15, 0.2) is 0 Å². The van der Waals surface area contributed by atoms with E-state index in [1.165, 1.54) is 12.1 Å². The van der Waals surface area contributed by atoms with Crippen molar-refractivity contribution in [2.24, 2.45) is 0 Å². The number of nitrogens with zero attached hydrogens (tertiary/aromatic N) is 3. The number of non-ortho nitro benzene ring substituents is 1. The third-order valence-corrected chi connectivity index (χ3v) is 4.51. The highest BCUT2D eigenvalue weighted by Gasteiger charge is 2.20. The first-order chi connectivity index (χ1) is 12.1. The lowest BCUT2D eigenvalue weighted by molar-refractivity contribution is -0.384. The second-order valence-electron chi connectivity index (χ2n) is 6.22. The van der Waals surface area contributed by atoms with Gasteiger partial charge in [-0.05, 0) is 31.4 Å². The Morgan fingerprint density at radius 3 is 2.80 bits per heavy atom. The van der Waals surface area contributed by atoms with Crippen LogP contribution >= 0.6 is 0 Å². The van der Waals surface area contributed by atoms with E-state index in [1.807, 2.05) is 0 Å². The average Bonchev–Trinajstić information content (AvgIpc) is 3.01. The predicted molar refractivity (Wildman–Crippen MR) is 92.4 cm³/mol. The van der Waals surface area contributed by atoms with Crippen LogP contribution in [0, 0.1) is 10.1 Å². The summed E-state index contributed by atoms with van der Waals surface area (Å²) in [6, 6.07) is 10.2. The van der Waals surface area contributed by atoms with Crippen molar-refractivity contribution in [2.45, 2.75) is 25.3 Å². The molecule has 0 atom stereocenters. The number of nitrogens with one attached hydrogen (secondary N) is 1. The van der Waals surface area contributed by atoms with Crippen LogP contribution in [0.3, 0.4) is 0 Å². The van der Waals surface area contributed by atoms with Gasteiger partial charge in [0.05, 0.1) is 16.2 Å². The van der Waals surface area contributed by atoms with Crippen molar-refractivity contribution in [1.82, 2.24) is 14.7 Å². The fraction of sp³-hybridized carbons (Fsp3) is 0.222. The number of carbonyl (C=O) groups excluding carboxylic acids is 1. The van der Waals surface area contributed by atoms with Crippen LogP contribution in [-0.4, -0.2) is 26.3 Å². The largest absolute Gasteiger partial charge is 0.349 e. The zero-order valence-corrected chi connectivity index (χ0v) is 13.4. The number of carbonyl (C=O) groups is 1. The number of hydrogen-bond donors (Lipinski definition) is 1. The standard InChI is InChI=1S/C18H16N4O3/c23-18(19-14-4-2-5-14)13-7-8-17-20-16(11-21(17)10-13)12-3-1-6-15(9-12)22(24)25/h1,3,6-11,14H,2,4-5H2,(H,19,23). The van der Waals surface area contributed by atoms with Crippen LogP contribution in [-0.2, 0) is 0 Å². The number of pyridine rings is 1. The Bertz CT molecular complexity index is 975. The molecule has 4 rings (SSSR count). The Hall–Kier alpha value is -3.22. The number of imidazole rings is 1. The van der Waals surface area contributed by atoms with Gasteiger partial charge in [0.2, 0.25) is 0 Å². The quantitative estimate of drug-likeness (QED) is 0.585. The molecule has 1 N–H and O–H groups in total. The van der Waals surface area contributed by atoms with Crippen LogP contribution in [0.1, 0.15) is 29.6 Å². The van der Waals surface area contributed by atoms with Gasteiger partial charge < -0.3 is 9.72 Å². The molecule has 7 nitrogen and oxygen atoms in total. The molecule has 0 spiro atoms. The van der Waals surface area contributed by atoms with Crippen molar-refractivity contribution in [3.05, 3.63) is 64.5 Å². The maximum atomic E-state index is 12.3. The molecule has 126 valence electrons. The number of nitro groups is 1. The Morgan fingerprint density at radius 2 is 2.08 bits per heavy atom. The SMILES string of the molecule is O=C(NC1CCC1)c1ccc2nc(-c3cccc([N+](=O)[O-])c3)cn2c1. The minimum atomic E-state index is -0.428. The van der Waals surface area contributed by atoms with E-state index in [0.717, 1.165) is 19.3 Å². The van der Waals surface area contributed by atoms with E-state index in [2.05, 4.69) is 10.3 Å². The topological polar surface area (TPSA) is 89.5 Å². The van der Waals surface area contributed by atoms with E-state index in [9.17, 15) is 14.9 Å². The average molecular weight is 336 g/mol. The molecule has 1 aliphatic carbocycles. The summed E-state index contributed by atoms with van der Waals surface area (Å²) in [6.07, 6.45) is 6.75. The van der Waals surface area contributed by atoms with Crippen molar-refractivity contribution < 1.29 is 9.72 Å². The molecule has 0 radical (unpaired) electrons. The van der Waals surface area contributed by atoms with Crippen LogP contribution in [0.15, 0.2) is 48.8 Å². The van der Waals surface area contributed by atoms with Gasteiger partial charge in [0.25, 0.3) is 11.6 Å². The molecule has 2 aromatic heterocycles. The molecule has 25 heavy (non-hydrogen) atoms. The van der Waals surface area contributed by atoms with Gasteiger partial charge in [0, 0.05) is 36.1 Å². The number of rotatable bonds is 4. The summed E-state index contributed by atoms with van der Waals surface area (Å²) in [4.78, 5) is 27.2. The number of benzene rings is 1. The molecule has 2 heterocycles. The fourth-order valence-electron chi connectivity index (χ4n) is 2.87. The normalized spacial score (nSPS) is 14.2. The van der Waals surface area contributed by atoms with E-state index in [1.54, 1.807) is 41.1 Å². The molecule has 0 unspecified atom stereocenters. The van der Waals surface area contributed by atoms with Gasteiger partial charge in [-0.2, -0.15) is 0 Å². The Kier molecular flexibility index (Phi) is 3.68. The molecular formula is C18H16N4O3. The van der Waals surface area contributed by atoms with Crippen molar-refractivity contribution in [3.8, 4) is 11.3 Å². The molecule has 0 aliphatic heterocycles. The number of amides is 1. The highest BCUT2D eigenvalue weighted by atomic mass is 16.6. The number of fused-ring (bicyclic) bond motifs is 1. The molecular weight excluding hydrogens is 320 g/mol. The monoisotopic (exact) mass is 336 g/mol. The Morgan fingerprint density at radius 1 is 1.24 bits per heavy atom. The summed E-state index contributed by atoms with van der Waals surface area (Å²) in [5.74, 6) is -0.0859. The second kappa shape index (κ2) is 6.01. The summed E-state index contributed by atoms with van der Waals surface area (Å²) >= 11 is 0. The molecule has 1 aliphatic rings. The molecule has 1 saturated carbocycles. The molecule has 1 amide bonds. The molecule has 1 aromatic carbocycles. The van der Waals surface area contributed by atoms with Gasteiger partial charge >= 0.3 is 0 Å². The smallest absolute Gasteiger partial charge is 0.270 e. The molecule has 1 fully saturated rings. The lowest BCUT2D eigenvalue weighted by Gasteiger charge is -2.26. The van der Waals surface area contributed by atoms with E-state index in [-0.39, 0.29) is 17.6 Å². The maximum Gasteiger partial charge on any atom is 0.270 e.